The third-order valence-corrected chi connectivity index (χ3v) is 5.54. The molecule has 4 rings (SSSR count). The molecule has 2 aromatic heterocycles. The fourth-order valence-electron chi connectivity index (χ4n) is 3.74. The van der Waals surface area contributed by atoms with Crippen molar-refractivity contribution in [1.29, 1.82) is 0 Å². The van der Waals surface area contributed by atoms with Crippen LogP contribution in [-0.2, 0) is 4.79 Å². The highest BCUT2D eigenvalue weighted by Crippen LogP contribution is 2.33. The van der Waals surface area contributed by atoms with Gasteiger partial charge in [0.2, 0.25) is 0 Å². The van der Waals surface area contributed by atoms with E-state index in [9.17, 15) is 4.79 Å². The van der Waals surface area contributed by atoms with Crippen LogP contribution in [0, 0.1) is 0 Å². The van der Waals surface area contributed by atoms with Crippen molar-refractivity contribution in [1.82, 2.24) is 9.97 Å². The number of para-hydroxylation sites is 2. The number of carbonyl (C=O) groups excluding carboxylic acids is 1. The second kappa shape index (κ2) is 9.88. The molecule has 2 unspecified atom stereocenters. The molecule has 2 aromatic carbocycles. The fraction of sp³-hybridized carbons (Fsp3) is 0.148. The molecule has 0 aliphatic carbocycles. The molecule has 160 valence electrons. The summed E-state index contributed by atoms with van der Waals surface area (Å²) in [4.78, 5) is 22.5. The molecule has 0 radical (unpaired) electrons. The molecule has 0 saturated carbocycles. The summed E-state index contributed by atoms with van der Waals surface area (Å²) in [6.07, 6.45) is 3.47. The van der Waals surface area contributed by atoms with E-state index in [1.54, 1.807) is 12.4 Å². The topological polar surface area (TPSA) is 66.9 Å². The first kappa shape index (κ1) is 21.2. The summed E-state index contributed by atoms with van der Waals surface area (Å²) in [5.41, 5.74) is 3.60. The Morgan fingerprint density at radius 3 is 1.44 bits per heavy atom. The molecule has 0 saturated heterocycles. The van der Waals surface area contributed by atoms with Gasteiger partial charge in [0.25, 0.3) is 0 Å². The minimum atomic E-state index is -0.338. The zero-order valence-corrected chi connectivity index (χ0v) is 18.2. The van der Waals surface area contributed by atoms with E-state index in [0.29, 0.717) is 11.6 Å². The van der Waals surface area contributed by atoms with Gasteiger partial charge in [-0.1, -0.05) is 62.4 Å². The van der Waals surface area contributed by atoms with Crippen LogP contribution in [-0.4, -0.2) is 15.8 Å². The predicted molar refractivity (Wildman–Crippen MR) is 130 cm³/mol. The highest BCUT2D eigenvalue weighted by molar-refractivity contribution is 5.93. The summed E-state index contributed by atoms with van der Waals surface area (Å²) >= 11 is 0. The van der Waals surface area contributed by atoms with Crippen molar-refractivity contribution in [2.45, 2.75) is 25.7 Å². The van der Waals surface area contributed by atoms with E-state index in [1.165, 1.54) is 0 Å². The third kappa shape index (κ3) is 4.83. The molecule has 2 N–H and O–H groups in total. The Balaban J connectivity index is 1.58. The van der Waals surface area contributed by atoms with Gasteiger partial charge >= 0.3 is 0 Å². The van der Waals surface area contributed by atoms with Crippen LogP contribution < -0.4 is 10.6 Å². The fourth-order valence-corrected chi connectivity index (χ4v) is 3.74. The maximum atomic E-state index is 13.5. The van der Waals surface area contributed by atoms with Crippen molar-refractivity contribution < 1.29 is 4.79 Å². The van der Waals surface area contributed by atoms with Gasteiger partial charge < -0.3 is 10.6 Å². The van der Waals surface area contributed by atoms with Gasteiger partial charge in [-0.3, -0.25) is 4.79 Å². The minimum Gasteiger partial charge on any atom is -0.340 e. The van der Waals surface area contributed by atoms with Gasteiger partial charge in [0.1, 0.15) is 17.4 Å². The molecule has 32 heavy (non-hydrogen) atoms. The van der Waals surface area contributed by atoms with E-state index < -0.39 is 0 Å². The van der Waals surface area contributed by atoms with Gasteiger partial charge in [-0.25, -0.2) is 9.97 Å². The van der Waals surface area contributed by atoms with Crippen LogP contribution in [0.4, 0.5) is 23.0 Å². The van der Waals surface area contributed by atoms with Crippen LogP contribution in [0.25, 0.3) is 0 Å². The first-order valence-corrected chi connectivity index (χ1v) is 10.7. The van der Waals surface area contributed by atoms with E-state index in [4.69, 9.17) is 0 Å². The molecule has 0 bridgehead atoms. The van der Waals surface area contributed by atoms with E-state index in [0.717, 1.165) is 22.5 Å². The van der Waals surface area contributed by atoms with Gasteiger partial charge in [-0.05, 0) is 36.4 Å². The highest BCUT2D eigenvalue weighted by atomic mass is 16.1. The molecule has 5 nitrogen and oxygen atoms in total. The summed E-state index contributed by atoms with van der Waals surface area (Å²) in [5.74, 6) is 0.823. The number of hydrogen-bond acceptors (Lipinski definition) is 5. The molecule has 0 amide bonds. The molecule has 2 heterocycles. The van der Waals surface area contributed by atoms with E-state index >= 15 is 0 Å². The number of ketones is 1. The molecular weight excluding hydrogens is 396 g/mol. The minimum absolute atomic E-state index is 0.109. The third-order valence-electron chi connectivity index (χ3n) is 5.54. The number of nitrogens with one attached hydrogen (secondary N) is 2. The number of rotatable bonds is 8. The molecule has 2 atom stereocenters. The molecular formula is C27H26N4O. The molecule has 0 spiro atoms. The Morgan fingerprint density at radius 2 is 1.03 bits per heavy atom. The van der Waals surface area contributed by atoms with Gasteiger partial charge in [0, 0.05) is 46.7 Å². The Hall–Kier alpha value is -3.99. The van der Waals surface area contributed by atoms with Crippen molar-refractivity contribution in [2.24, 2.45) is 0 Å². The second-order valence-electron chi connectivity index (χ2n) is 7.71. The van der Waals surface area contributed by atoms with Gasteiger partial charge in [-0.2, -0.15) is 0 Å². The van der Waals surface area contributed by atoms with Crippen molar-refractivity contribution in [3.63, 3.8) is 0 Å². The standard InChI is InChI=1S/C27H26N4O/c1-19(23-15-9-17-28-26(23)30-21-11-5-3-6-12-21)25(32)20(2)24-16-10-18-29-27(24)31-22-13-7-4-8-14-22/h3-20H,1-2H3,(H,28,30)(H,29,31). The van der Waals surface area contributed by atoms with Gasteiger partial charge in [0.15, 0.2) is 0 Å². The van der Waals surface area contributed by atoms with Gasteiger partial charge in [-0.15, -0.1) is 0 Å². The number of anilines is 4. The zero-order chi connectivity index (χ0) is 22.3. The lowest BCUT2D eigenvalue weighted by Crippen LogP contribution is -2.19. The number of carbonyl (C=O) groups is 1. The highest BCUT2D eigenvalue weighted by Gasteiger charge is 2.27. The molecule has 4 aromatic rings. The Bertz CT molecular complexity index is 1090. The number of pyridine rings is 2. The number of hydrogen-bond donors (Lipinski definition) is 2. The van der Waals surface area contributed by atoms with Crippen LogP contribution in [0.2, 0.25) is 0 Å². The summed E-state index contributed by atoms with van der Waals surface area (Å²) in [5, 5.41) is 6.69. The summed E-state index contributed by atoms with van der Waals surface area (Å²) in [6.45, 7) is 3.87. The Kier molecular flexibility index (Phi) is 6.56. The van der Waals surface area contributed by atoms with Gasteiger partial charge in [0.05, 0.1) is 0 Å². The first-order chi connectivity index (χ1) is 15.6. The normalized spacial score (nSPS) is 12.6. The van der Waals surface area contributed by atoms with Crippen LogP contribution >= 0.6 is 0 Å². The zero-order valence-electron chi connectivity index (χ0n) is 18.2. The monoisotopic (exact) mass is 422 g/mol. The Morgan fingerprint density at radius 1 is 0.625 bits per heavy atom. The summed E-state index contributed by atoms with van der Waals surface area (Å²) in [6, 6.07) is 27.3. The van der Waals surface area contributed by atoms with Crippen LogP contribution in [0.3, 0.4) is 0 Å². The van der Waals surface area contributed by atoms with E-state index in [2.05, 4.69) is 20.6 Å². The van der Waals surface area contributed by atoms with E-state index in [1.807, 2.05) is 98.8 Å². The number of benzene rings is 2. The van der Waals surface area contributed by atoms with Crippen molar-refractivity contribution in [3.8, 4) is 0 Å². The summed E-state index contributed by atoms with van der Waals surface area (Å²) in [7, 11) is 0. The SMILES string of the molecule is CC(C(=O)C(C)c1cccnc1Nc1ccccc1)c1cccnc1Nc1ccccc1. The molecule has 0 aliphatic rings. The maximum absolute atomic E-state index is 13.5. The molecule has 0 fully saturated rings. The van der Waals surface area contributed by atoms with E-state index in [-0.39, 0.29) is 17.6 Å². The largest absolute Gasteiger partial charge is 0.340 e. The van der Waals surface area contributed by atoms with Crippen molar-refractivity contribution in [2.75, 3.05) is 10.6 Å². The summed E-state index contributed by atoms with van der Waals surface area (Å²) < 4.78 is 0. The van der Waals surface area contributed by atoms with Crippen molar-refractivity contribution >= 4 is 28.8 Å². The van der Waals surface area contributed by atoms with Crippen LogP contribution in [0.1, 0.15) is 36.8 Å². The predicted octanol–water partition coefficient (Wildman–Crippen LogP) is 6.44. The second-order valence-corrected chi connectivity index (χ2v) is 7.71. The maximum Gasteiger partial charge on any atom is 0.147 e. The van der Waals surface area contributed by atoms with Crippen LogP contribution in [0.15, 0.2) is 97.3 Å². The number of nitrogens with zero attached hydrogens (tertiary/aromatic N) is 2. The average molecular weight is 423 g/mol. The first-order valence-electron chi connectivity index (χ1n) is 10.7. The van der Waals surface area contributed by atoms with Crippen molar-refractivity contribution in [3.05, 3.63) is 108 Å². The average Bonchev–Trinajstić information content (AvgIpc) is 2.85. The Labute approximate surface area is 188 Å². The smallest absolute Gasteiger partial charge is 0.147 e. The quantitative estimate of drug-likeness (QED) is 0.342. The van der Waals surface area contributed by atoms with Crippen LogP contribution in [0.5, 0.6) is 0 Å². The number of aromatic nitrogens is 2. The lowest BCUT2D eigenvalue weighted by molar-refractivity contribution is -0.121. The number of Topliss-reactive ketones (excluding diaryl/α,β-unsaturated/α-hetero) is 1. The molecule has 0 aliphatic heterocycles. The lowest BCUT2D eigenvalue weighted by atomic mass is 9.86. The molecule has 5 heteroatoms. The lowest BCUT2D eigenvalue weighted by Gasteiger charge is -2.21.